The lowest BCUT2D eigenvalue weighted by atomic mass is 9.98. The van der Waals surface area contributed by atoms with Gasteiger partial charge in [-0.15, -0.1) is 0 Å². The monoisotopic (exact) mass is 1920 g/mol. The van der Waals surface area contributed by atoms with E-state index in [9.17, 15) is 86.9 Å². The van der Waals surface area contributed by atoms with Gasteiger partial charge >= 0.3 is 0 Å². The van der Waals surface area contributed by atoms with Crippen molar-refractivity contribution in [2.24, 2.45) is 28.9 Å². The molecule has 0 unspecified atom stereocenters. The largest absolute Gasteiger partial charge is 0.508 e. The topological polar surface area (TPSA) is 754 Å². The molecule has 28 N–H and O–H groups in total. The van der Waals surface area contributed by atoms with E-state index in [0.29, 0.717) is 39.1 Å². The standard InChI is InChI=1S/C85H117N25O23S2/c1-44(2)30-55-77(126)102-54(31-49-21-23-51(113)24-22-49)71(120)84(133)110-29-13-20-63(110)82(131)107-60(80(129)105-59(35-65(87)115)74(123)96-40-69(119)109-28-12-19-62(109)72(88)121)41-134-135-42-61(106-78(127)57(33-48-16-9-6-10-17-48)104-75(124)52(18-11-27-92-85(89)90)101-76(125)53(98-46(4)112)25-26-64(86)114)81(130)108-70(45(3)111)83(132)95-39-68(118)100-58(34-50-36-91-43-97-50)79(128)103-56(32-47-14-7-5-8-15-47)73(122)94-37-66(116)93-38-67(117)99-55/h5-10,14-17,21-24,36,43-45,52-63,70,111,113H,11-13,18-20,25-35,37-42H2,1-4H3,(H2,86,114)(H2,87,115)(H2,88,121)(H,91,97)(H,93,116)(H,94,122)(H,95,132)(H,96,123)(H,98,112)(H,99,117)(H,100,118)(H,101,125)(H,102,126)(H,103,128)(H,104,124)(H,105,129)(H,106,127)(H,107,131)(H,108,130)(H4,89,90,92)/t45-,52+,53+,54+,55+,56+,57+,58+,59+,60+,61+,62+,63+,70+/m1/s1. The number of hydrogen-bond donors (Lipinski definition) is 24. The third kappa shape index (κ3) is 36.3. The summed E-state index contributed by atoms with van der Waals surface area (Å²) in [5.41, 5.74) is 23.4. The van der Waals surface area contributed by atoms with Gasteiger partial charge in [0.15, 0.2) is 5.96 Å². The number of rotatable bonds is 33. The molecule has 732 valence electrons. The number of H-pyrrole nitrogens is 1. The molecule has 0 spiro atoms. The first-order valence-corrected chi connectivity index (χ1v) is 45.8. The smallest absolute Gasteiger partial charge is 0.292 e. The Hall–Kier alpha value is -14.3. The number of likely N-dealkylation sites (tertiary alicyclic amines) is 1. The Kier molecular flexibility index (Phi) is 43.1. The van der Waals surface area contributed by atoms with E-state index in [1.54, 1.807) is 74.5 Å². The van der Waals surface area contributed by atoms with Crippen LogP contribution in [0.2, 0.25) is 0 Å². The summed E-state index contributed by atoms with van der Waals surface area (Å²) in [6.07, 6.45) is -2.35. The molecule has 0 bridgehead atoms. The quantitative estimate of drug-likeness (QED) is 0.00692. The van der Waals surface area contributed by atoms with Crippen LogP contribution in [0.5, 0.6) is 5.75 Å². The Balaban J connectivity index is 1.31. The molecule has 3 saturated heterocycles. The normalized spacial score (nSPS) is 21.4. The highest BCUT2D eigenvalue weighted by molar-refractivity contribution is 8.76. The van der Waals surface area contributed by atoms with E-state index in [4.69, 9.17) is 28.3 Å². The number of phenols is 1. The van der Waals surface area contributed by atoms with E-state index in [0.717, 1.165) is 23.6 Å². The summed E-state index contributed by atoms with van der Waals surface area (Å²) in [5.74, 6) is -24.8. The zero-order valence-electron chi connectivity index (χ0n) is 74.6. The number of aromatic hydroxyl groups is 1. The molecular weight excluding hydrogens is 1800 g/mol. The van der Waals surface area contributed by atoms with Crippen LogP contribution in [-0.2, 0) is 126 Å². The number of guanidine groups is 1. The third-order valence-corrected chi connectivity index (χ3v) is 23.8. The number of primary amides is 3. The lowest BCUT2D eigenvalue weighted by molar-refractivity contribution is -0.149. The molecule has 0 aliphatic carbocycles. The molecule has 0 saturated carbocycles. The van der Waals surface area contributed by atoms with Crippen LogP contribution in [-0.4, -0.2) is 302 Å². The summed E-state index contributed by atoms with van der Waals surface area (Å²) in [7, 11) is 1.31. The predicted molar refractivity (Wildman–Crippen MR) is 484 cm³/mol. The molecule has 20 amide bonds. The number of imidazole rings is 1. The van der Waals surface area contributed by atoms with Crippen molar-refractivity contribution in [2.75, 3.05) is 57.3 Å². The zero-order chi connectivity index (χ0) is 99.1. The van der Waals surface area contributed by atoms with Gasteiger partial charge in [-0.2, -0.15) is 0 Å². The van der Waals surface area contributed by atoms with Gasteiger partial charge in [-0.25, -0.2) is 4.98 Å². The lowest BCUT2D eigenvalue weighted by Gasteiger charge is -2.29. The van der Waals surface area contributed by atoms with Crippen molar-refractivity contribution in [2.45, 2.75) is 202 Å². The number of nitrogens with two attached hydrogens (primary N) is 4. The Morgan fingerprint density at radius 3 is 1.77 bits per heavy atom. The number of fused-ring (bicyclic) bond motifs is 1. The first-order chi connectivity index (χ1) is 64.1. The van der Waals surface area contributed by atoms with Crippen LogP contribution >= 0.6 is 21.6 Å². The van der Waals surface area contributed by atoms with Gasteiger partial charge in [0, 0.05) is 76.4 Å². The minimum absolute atomic E-state index is 0.00241. The molecule has 0 radical (unpaired) electrons. The van der Waals surface area contributed by atoms with Crippen LogP contribution in [0.3, 0.4) is 0 Å². The van der Waals surface area contributed by atoms with Gasteiger partial charge in [-0.1, -0.05) is 108 Å². The molecule has 3 aliphatic rings. The Morgan fingerprint density at radius 2 is 1.15 bits per heavy atom. The molecule has 48 nitrogen and oxygen atoms in total. The number of aliphatic hydroxyl groups excluding tert-OH is 1. The van der Waals surface area contributed by atoms with Crippen molar-refractivity contribution in [3.05, 3.63) is 120 Å². The second-order valence-corrected chi connectivity index (χ2v) is 35.2. The average molecular weight is 1920 g/mol. The summed E-state index contributed by atoms with van der Waals surface area (Å²) >= 11 is 0. The van der Waals surface area contributed by atoms with Gasteiger partial charge in [0.1, 0.15) is 84.3 Å². The number of nitrogens with one attached hydrogen (secondary N) is 18. The molecule has 1 aromatic heterocycles. The molecule has 4 aromatic rings. The minimum atomic E-state index is -2.06. The number of amides is 20. The van der Waals surface area contributed by atoms with E-state index >= 15 is 24.0 Å². The van der Waals surface area contributed by atoms with Crippen molar-refractivity contribution in [1.29, 1.82) is 5.41 Å². The van der Waals surface area contributed by atoms with E-state index in [2.05, 4.69) is 95.0 Å². The summed E-state index contributed by atoms with van der Waals surface area (Å²) in [5, 5.41) is 68.7. The molecule has 135 heavy (non-hydrogen) atoms. The first kappa shape index (κ1) is 108. The number of hydrogen-bond acceptors (Lipinski definition) is 27. The maximum atomic E-state index is 15.4. The summed E-state index contributed by atoms with van der Waals surface area (Å²) in [4.78, 5) is 305. The highest BCUT2D eigenvalue weighted by Gasteiger charge is 2.44. The third-order valence-electron chi connectivity index (χ3n) is 21.4. The number of aromatic amines is 1. The lowest BCUT2D eigenvalue weighted by Crippen LogP contribution is -2.61. The molecule has 3 aromatic carbocycles. The Labute approximate surface area is 782 Å². The number of carbonyl (C=O) groups excluding carboxylic acids is 21. The van der Waals surface area contributed by atoms with Crippen LogP contribution in [0.25, 0.3) is 0 Å². The van der Waals surface area contributed by atoms with Gasteiger partial charge < -0.3 is 133 Å². The molecule has 3 aliphatic heterocycles. The molecule has 3 fully saturated rings. The summed E-state index contributed by atoms with van der Waals surface area (Å²) < 4.78 is 0. The Morgan fingerprint density at radius 1 is 0.563 bits per heavy atom. The highest BCUT2D eigenvalue weighted by atomic mass is 33.1. The SMILES string of the molecule is CC(=O)N[C@@H](CCC(N)=O)C(=O)N[C@@H](CCCNC(=N)N)C(=O)N[C@@H](Cc1ccccc1)C(=O)N[C@H]1CSSC[C@@H](C(=O)N[C@@H](CC(N)=O)C(=O)NCC(=O)N2CCC[C@H]2C(N)=O)NC(=O)[C@@H]2CCCN2C(=O)C(=O)[C@H](Cc2ccc(O)cc2)NC(=O)[C@H](CC(C)C)NC(=O)CNC(=O)CNC(=O)[C@H](Cc2ccccc2)NC(=O)[C@H](Cc2c[nH]cn2)NC(=O)CNC(=O)[C@H]([C@@H](C)O)NC1=O. The maximum absolute atomic E-state index is 15.4. The molecule has 14 atom stereocenters. The van der Waals surface area contributed by atoms with Crippen LogP contribution in [0.15, 0.2) is 97.5 Å². The zero-order valence-corrected chi connectivity index (χ0v) is 76.2. The molecule has 7 rings (SSSR count). The van der Waals surface area contributed by atoms with Crippen molar-refractivity contribution >= 4 is 151 Å². The minimum Gasteiger partial charge on any atom is -0.508 e. The van der Waals surface area contributed by atoms with Gasteiger partial charge in [0.2, 0.25) is 118 Å². The fourth-order valence-electron chi connectivity index (χ4n) is 14.5. The average Bonchev–Trinajstić information content (AvgIpc) is 1.74. The van der Waals surface area contributed by atoms with Crippen LogP contribution in [0.1, 0.15) is 114 Å². The molecular formula is C85H117N25O23S2. The molecule has 50 heteroatoms. The van der Waals surface area contributed by atoms with Crippen molar-refractivity contribution in [3.63, 3.8) is 0 Å². The first-order valence-electron chi connectivity index (χ1n) is 43.4. The summed E-state index contributed by atoms with van der Waals surface area (Å²) in [6.45, 7) is 1.81. The number of benzene rings is 3. The number of nitrogens with zero attached hydrogens (tertiary/aromatic N) is 3. The van der Waals surface area contributed by atoms with Crippen molar-refractivity contribution in [3.8, 4) is 5.75 Å². The van der Waals surface area contributed by atoms with E-state index < -0.39 is 278 Å². The highest BCUT2D eigenvalue weighted by Crippen LogP contribution is 2.26. The van der Waals surface area contributed by atoms with Crippen molar-refractivity contribution < 1.29 is 111 Å². The number of phenolic OH excluding ortho intramolecular Hbond substituents is 1. The van der Waals surface area contributed by atoms with E-state index in [-0.39, 0.29) is 100 Å². The number of ketones is 1. The second kappa shape index (κ2) is 54.0. The van der Waals surface area contributed by atoms with Gasteiger partial charge in [0.25, 0.3) is 5.91 Å². The fraction of sp³-hybridized carbons (Fsp3) is 0.494. The van der Waals surface area contributed by atoms with Gasteiger partial charge in [-0.05, 0) is 93.0 Å². The van der Waals surface area contributed by atoms with Gasteiger partial charge in [0.05, 0.1) is 50.7 Å². The predicted octanol–water partition coefficient (Wildman–Crippen LogP) is -8.53. The summed E-state index contributed by atoms with van der Waals surface area (Å²) in [6, 6.07) is -0.390. The van der Waals surface area contributed by atoms with Gasteiger partial charge in [-0.3, -0.25) is 106 Å². The number of Topliss-reactive ketones (excluding diaryl/α,β-unsaturated/α-hetero) is 1. The van der Waals surface area contributed by atoms with E-state index in [1.807, 2.05) is 0 Å². The van der Waals surface area contributed by atoms with Crippen molar-refractivity contribution in [1.82, 2.24) is 105 Å². The van der Waals surface area contributed by atoms with E-state index in [1.165, 1.54) is 36.8 Å². The fourth-order valence-corrected chi connectivity index (χ4v) is 16.8. The number of carbonyl (C=O) groups is 21. The second-order valence-electron chi connectivity index (χ2n) is 32.6. The van der Waals surface area contributed by atoms with Crippen LogP contribution < -0.4 is 108 Å². The maximum Gasteiger partial charge on any atom is 0.292 e. The number of aliphatic hydroxyl groups is 1. The van der Waals surface area contributed by atoms with Crippen LogP contribution in [0.4, 0.5) is 0 Å². The number of aromatic nitrogens is 2. The molecule has 4 heterocycles. The van der Waals surface area contributed by atoms with Crippen LogP contribution in [0, 0.1) is 11.3 Å². The Bertz CT molecular complexity index is 4910.